The summed E-state index contributed by atoms with van der Waals surface area (Å²) in [6.45, 7) is 2.45. The fourth-order valence-corrected chi connectivity index (χ4v) is 2.72. The highest BCUT2D eigenvalue weighted by Gasteiger charge is 2.24. The number of rotatable bonds is 5. The van der Waals surface area contributed by atoms with Crippen molar-refractivity contribution in [2.24, 2.45) is 11.7 Å². The van der Waals surface area contributed by atoms with E-state index < -0.39 is 0 Å². The van der Waals surface area contributed by atoms with Gasteiger partial charge in [-0.2, -0.15) is 0 Å². The van der Waals surface area contributed by atoms with Crippen LogP contribution in [0.2, 0.25) is 0 Å². The third-order valence-corrected chi connectivity index (χ3v) is 3.99. The summed E-state index contributed by atoms with van der Waals surface area (Å²) in [4.78, 5) is 14.2. The van der Waals surface area contributed by atoms with E-state index in [1.54, 1.807) is 7.11 Å². The number of likely N-dealkylation sites (tertiary alicyclic amines) is 1. The molecule has 1 atom stereocenters. The first kappa shape index (κ1) is 15.0. The van der Waals surface area contributed by atoms with Crippen LogP contribution in [0.15, 0.2) is 30.3 Å². The van der Waals surface area contributed by atoms with Crippen molar-refractivity contribution < 1.29 is 9.53 Å². The van der Waals surface area contributed by atoms with E-state index in [1.807, 2.05) is 35.2 Å². The molecule has 1 aliphatic heterocycles. The van der Waals surface area contributed by atoms with Gasteiger partial charge in [0.1, 0.15) is 0 Å². The number of hydrogen-bond donors (Lipinski definition) is 1. The summed E-state index contributed by atoms with van der Waals surface area (Å²) in [6.07, 6.45) is 2.44. The van der Waals surface area contributed by atoms with Crippen LogP contribution >= 0.6 is 0 Å². The Morgan fingerprint density at radius 1 is 1.35 bits per heavy atom. The molecule has 0 aromatic heterocycles. The van der Waals surface area contributed by atoms with Gasteiger partial charge in [-0.15, -0.1) is 0 Å². The van der Waals surface area contributed by atoms with Crippen molar-refractivity contribution in [3.8, 4) is 0 Å². The van der Waals surface area contributed by atoms with Crippen LogP contribution in [0.5, 0.6) is 0 Å². The van der Waals surface area contributed by atoms with Crippen molar-refractivity contribution in [2.45, 2.75) is 25.3 Å². The lowest BCUT2D eigenvalue weighted by molar-refractivity contribution is -0.133. The van der Waals surface area contributed by atoms with E-state index in [9.17, 15) is 4.79 Å². The number of hydrogen-bond acceptors (Lipinski definition) is 3. The van der Waals surface area contributed by atoms with Gasteiger partial charge in [-0.3, -0.25) is 4.79 Å². The van der Waals surface area contributed by atoms with Crippen LogP contribution in [0.3, 0.4) is 0 Å². The Hall–Kier alpha value is -1.39. The standard InChI is InChI=1S/C16H24N2O2/c1-20-12-13-7-9-18(10-8-13)16(19)11-15(17)14-5-3-2-4-6-14/h2-6,13,15H,7-12,17H2,1H3. The minimum atomic E-state index is -0.208. The molecule has 20 heavy (non-hydrogen) atoms. The number of piperidine rings is 1. The fourth-order valence-electron chi connectivity index (χ4n) is 2.72. The second-order valence-electron chi connectivity index (χ2n) is 5.50. The fraction of sp³-hybridized carbons (Fsp3) is 0.562. The molecule has 1 heterocycles. The van der Waals surface area contributed by atoms with Gasteiger partial charge < -0.3 is 15.4 Å². The number of carbonyl (C=O) groups excluding carboxylic acids is 1. The smallest absolute Gasteiger partial charge is 0.224 e. The number of methoxy groups -OCH3 is 1. The normalized spacial score (nSPS) is 18.0. The molecule has 0 aliphatic carbocycles. The van der Waals surface area contributed by atoms with E-state index in [-0.39, 0.29) is 11.9 Å². The Balaban J connectivity index is 1.81. The zero-order chi connectivity index (χ0) is 14.4. The van der Waals surface area contributed by atoms with E-state index in [0.717, 1.165) is 38.1 Å². The molecule has 0 radical (unpaired) electrons. The molecule has 4 heteroatoms. The van der Waals surface area contributed by atoms with Gasteiger partial charge in [0.05, 0.1) is 0 Å². The van der Waals surface area contributed by atoms with Gasteiger partial charge >= 0.3 is 0 Å². The maximum Gasteiger partial charge on any atom is 0.224 e. The van der Waals surface area contributed by atoms with Crippen molar-refractivity contribution in [3.05, 3.63) is 35.9 Å². The molecule has 1 aliphatic rings. The summed E-state index contributed by atoms with van der Waals surface area (Å²) in [6, 6.07) is 9.61. The number of carbonyl (C=O) groups is 1. The summed E-state index contributed by atoms with van der Waals surface area (Å²) in [5, 5.41) is 0. The van der Waals surface area contributed by atoms with Crippen LogP contribution in [0, 0.1) is 5.92 Å². The van der Waals surface area contributed by atoms with Gasteiger partial charge in [0, 0.05) is 39.3 Å². The zero-order valence-electron chi connectivity index (χ0n) is 12.1. The van der Waals surface area contributed by atoms with Crippen molar-refractivity contribution >= 4 is 5.91 Å². The molecule has 0 saturated carbocycles. The Kier molecular flexibility index (Phi) is 5.56. The Bertz CT molecular complexity index is 414. The van der Waals surface area contributed by atoms with Crippen molar-refractivity contribution in [1.29, 1.82) is 0 Å². The zero-order valence-corrected chi connectivity index (χ0v) is 12.1. The first-order chi connectivity index (χ1) is 9.70. The van der Waals surface area contributed by atoms with E-state index in [2.05, 4.69) is 0 Å². The molecular weight excluding hydrogens is 252 g/mol. The van der Waals surface area contributed by atoms with Gasteiger partial charge in [0.15, 0.2) is 0 Å². The molecule has 1 aromatic carbocycles. The lowest BCUT2D eigenvalue weighted by Crippen LogP contribution is -2.40. The van der Waals surface area contributed by atoms with Crippen LogP contribution in [-0.4, -0.2) is 37.6 Å². The highest BCUT2D eigenvalue weighted by molar-refractivity contribution is 5.77. The summed E-state index contributed by atoms with van der Waals surface area (Å²) < 4.78 is 5.18. The quantitative estimate of drug-likeness (QED) is 0.894. The molecule has 0 bridgehead atoms. The average Bonchev–Trinajstić information content (AvgIpc) is 2.49. The Labute approximate surface area is 120 Å². The van der Waals surface area contributed by atoms with Crippen LogP contribution in [-0.2, 0) is 9.53 Å². The van der Waals surface area contributed by atoms with Gasteiger partial charge in [-0.25, -0.2) is 0 Å². The van der Waals surface area contributed by atoms with Crippen LogP contribution in [0.1, 0.15) is 30.9 Å². The average molecular weight is 276 g/mol. The van der Waals surface area contributed by atoms with E-state index in [1.165, 1.54) is 0 Å². The maximum absolute atomic E-state index is 12.3. The molecule has 2 rings (SSSR count). The highest BCUT2D eigenvalue weighted by Crippen LogP contribution is 2.20. The van der Waals surface area contributed by atoms with Crippen LogP contribution in [0.4, 0.5) is 0 Å². The number of ether oxygens (including phenoxy) is 1. The lowest BCUT2D eigenvalue weighted by atomic mass is 9.97. The van der Waals surface area contributed by atoms with Gasteiger partial charge in [-0.1, -0.05) is 30.3 Å². The third kappa shape index (κ3) is 4.05. The van der Waals surface area contributed by atoms with Crippen LogP contribution < -0.4 is 5.73 Å². The molecule has 1 aromatic rings. The molecule has 2 N–H and O–H groups in total. The topological polar surface area (TPSA) is 55.6 Å². The summed E-state index contributed by atoms with van der Waals surface area (Å²) >= 11 is 0. The number of benzene rings is 1. The Morgan fingerprint density at radius 3 is 2.60 bits per heavy atom. The molecule has 110 valence electrons. The molecule has 1 amide bonds. The number of nitrogens with zero attached hydrogens (tertiary/aromatic N) is 1. The van der Waals surface area contributed by atoms with Crippen molar-refractivity contribution in [1.82, 2.24) is 4.90 Å². The maximum atomic E-state index is 12.3. The van der Waals surface area contributed by atoms with E-state index >= 15 is 0 Å². The van der Waals surface area contributed by atoms with Gasteiger partial charge in [0.25, 0.3) is 0 Å². The van der Waals surface area contributed by atoms with Gasteiger partial charge in [0.2, 0.25) is 5.91 Å². The SMILES string of the molecule is COCC1CCN(C(=O)CC(N)c2ccccc2)CC1. The summed E-state index contributed by atoms with van der Waals surface area (Å²) in [7, 11) is 1.73. The number of nitrogens with two attached hydrogens (primary N) is 1. The summed E-state index contributed by atoms with van der Waals surface area (Å²) in [5.41, 5.74) is 7.13. The molecule has 0 spiro atoms. The molecular formula is C16H24N2O2. The monoisotopic (exact) mass is 276 g/mol. The first-order valence-electron chi connectivity index (χ1n) is 7.28. The predicted molar refractivity (Wildman–Crippen MR) is 79.2 cm³/mol. The minimum Gasteiger partial charge on any atom is -0.384 e. The van der Waals surface area contributed by atoms with E-state index in [4.69, 9.17) is 10.5 Å². The second-order valence-corrected chi connectivity index (χ2v) is 5.50. The summed E-state index contributed by atoms with van der Waals surface area (Å²) in [5.74, 6) is 0.754. The van der Waals surface area contributed by atoms with E-state index in [0.29, 0.717) is 12.3 Å². The predicted octanol–water partition coefficient (Wildman–Crippen LogP) is 1.96. The molecule has 1 unspecified atom stereocenters. The number of amides is 1. The molecule has 1 fully saturated rings. The third-order valence-electron chi connectivity index (χ3n) is 3.99. The molecule has 1 saturated heterocycles. The molecule has 4 nitrogen and oxygen atoms in total. The van der Waals surface area contributed by atoms with Crippen molar-refractivity contribution in [2.75, 3.05) is 26.8 Å². The minimum absolute atomic E-state index is 0.164. The lowest BCUT2D eigenvalue weighted by Gasteiger charge is -2.32. The second kappa shape index (κ2) is 7.41. The van der Waals surface area contributed by atoms with Crippen LogP contribution in [0.25, 0.3) is 0 Å². The highest BCUT2D eigenvalue weighted by atomic mass is 16.5. The van der Waals surface area contributed by atoms with Crippen molar-refractivity contribution in [3.63, 3.8) is 0 Å². The largest absolute Gasteiger partial charge is 0.384 e. The Morgan fingerprint density at radius 2 is 2.00 bits per heavy atom. The van der Waals surface area contributed by atoms with Gasteiger partial charge in [-0.05, 0) is 24.3 Å². The first-order valence-corrected chi connectivity index (χ1v) is 7.28.